The van der Waals surface area contributed by atoms with E-state index in [1.54, 1.807) is 0 Å². The normalized spacial score (nSPS) is 12.8. The summed E-state index contributed by atoms with van der Waals surface area (Å²) in [6.45, 7) is 15.0. The van der Waals surface area contributed by atoms with Gasteiger partial charge in [-0.15, -0.1) is 0 Å². The number of pyridine rings is 1. The third-order valence-corrected chi connectivity index (χ3v) is 5.03. The molecule has 1 unspecified atom stereocenters. The predicted molar refractivity (Wildman–Crippen MR) is 112 cm³/mol. The number of aliphatic hydroxyl groups is 1. The summed E-state index contributed by atoms with van der Waals surface area (Å²) in [6, 6.07) is 8.71. The summed E-state index contributed by atoms with van der Waals surface area (Å²) in [5.41, 5.74) is 8.25. The number of aromatic nitrogens is 1. The Labute approximate surface area is 159 Å². The van der Waals surface area contributed by atoms with Crippen LogP contribution in [0.4, 0.5) is 0 Å². The van der Waals surface area contributed by atoms with E-state index in [0.29, 0.717) is 5.92 Å². The number of hydrogen-bond donors (Lipinski definition) is 1. The molecule has 2 rings (SSSR count). The lowest BCUT2D eigenvalue weighted by atomic mass is 9.83. The average Bonchev–Trinajstić information content (AvgIpc) is 2.58. The molecule has 2 nitrogen and oxygen atoms in total. The summed E-state index contributed by atoms with van der Waals surface area (Å²) >= 11 is 0. The van der Waals surface area contributed by atoms with E-state index < -0.39 is 6.10 Å². The first kappa shape index (κ1) is 20.6. The van der Waals surface area contributed by atoms with Gasteiger partial charge in [-0.1, -0.05) is 70.9 Å². The van der Waals surface area contributed by atoms with Crippen molar-refractivity contribution in [3.8, 4) is 11.1 Å². The molecule has 26 heavy (non-hydrogen) atoms. The number of rotatable bonds is 7. The molecule has 1 N–H and O–H groups in total. The molecule has 0 saturated carbocycles. The van der Waals surface area contributed by atoms with E-state index in [0.717, 1.165) is 30.5 Å². The number of aliphatic hydroxyl groups excluding tert-OH is 1. The van der Waals surface area contributed by atoms with Crippen molar-refractivity contribution >= 4 is 0 Å². The number of nitrogens with zero attached hydrogens (tertiary/aromatic N) is 1. The SMILES string of the molecule is CCCCc1c(C(C)C)nc(C(C)C)c(C(C)O)c1-c1ccc(C)cc1. The minimum atomic E-state index is -0.530. The van der Waals surface area contributed by atoms with Gasteiger partial charge in [-0.2, -0.15) is 0 Å². The molecule has 1 aromatic heterocycles. The fourth-order valence-corrected chi connectivity index (χ4v) is 3.67. The van der Waals surface area contributed by atoms with Crippen LogP contribution in [0.25, 0.3) is 11.1 Å². The van der Waals surface area contributed by atoms with Crippen LogP contribution in [0, 0.1) is 6.92 Å². The number of unbranched alkanes of at least 4 members (excludes halogenated alkanes) is 1. The zero-order valence-electron chi connectivity index (χ0n) is 17.6. The lowest BCUT2D eigenvalue weighted by Crippen LogP contribution is -2.14. The van der Waals surface area contributed by atoms with Crippen molar-refractivity contribution in [1.82, 2.24) is 4.98 Å². The second kappa shape index (κ2) is 8.81. The molecular formula is C24H35NO. The van der Waals surface area contributed by atoms with Crippen LogP contribution < -0.4 is 0 Å². The lowest BCUT2D eigenvalue weighted by molar-refractivity contribution is 0.197. The van der Waals surface area contributed by atoms with Gasteiger partial charge < -0.3 is 5.11 Å². The summed E-state index contributed by atoms with van der Waals surface area (Å²) in [7, 11) is 0. The predicted octanol–water partition coefficient (Wildman–Crippen LogP) is 6.70. The Balaban J connectivity index is 2.90. The summed E-state index contributed by atoms with van der Waals surface area (Å²) in [4.78, 5) is 5.09. The Morgan fingerprint density at radius 3 is 1.96 bits per heavy atom. The fourth-order valence-electron chi connectivity index (χ4n) is 3.67. The quantitative estimate of drug-likeness (QED) is 0.601. The molecule has 0 aliphatic rings. The molecule has 1 atom stereocenters. The fraction of sp³-hybridized carbons (Fsp3) is 0.542. The summed E-state index contributed by atoms with van der Waals surface area (Å²) in [6.07, 6.45) is 2.78. The van der Waals surface area contributed by atoms with Crippen LogP contribution in [0.5, 0.6) is 0 Å². The Bertz CT molecular complexity index is 727. The Hall–Kier alpha value is -1.67. The summed E-state index contributed by atoms with van der Waals surface area (Å²) in [5, 5.41) is 10.7. The summed E-state index contributed by atoms with van der Waals surface area (Å²) in [5.74, 6) is 0.646. The molecule has 0 spiro atoms. The first-order chi connectivity index (χ1) is 12.3. The Kier molecular flexibility index (Phi) is 7.00. The van der Waals surface area contributed by atoms with Crippen molar-refractivity contribution in [2.45, 2.75) is 85.7 Å². The molecule has 0 radical (unpaired) electrons. The van der Waals surface area contributed by atoms with E-state index in [-0.39, 0.29) is 5.92 Å². The van der Waals surface area contributed by atoms with Crippen LogP contribution in [0.2, 0.25) is 0 Å². The standard InChI is InChI=1S/C24H35NO/c1-8-9-10-20-22(19-13-11-17(6)12-14-19)21(18(7)26)24(16(4)5)25-23(20)15(2)3/h11-16,18,26H,8-10H2,1-7H3. The van der Waals surface area contributed by atoms with Crippen molar-refractivity contribution in [2.75, 3.05) is 0 Å². The van der Waals surface area contributed by atoms with Crippen LogP contribution in [0.3, 0.4) is 0 Å². The molecule has 142 valence electrons. The van der Waals surface area contributed by atoms with E-state index >= 15 is 0 Å². The van der Waals surface area contributed by atoms with Gasteiger partial charge in [0, 0.05) is 17.0 Å². The molecule has 1 heterocycles. The highest BCUT2D eigenvalue weighted by Gasteiger charge is 2.25. The maximum atomic E-state index is 10.7. The van der Waals surface area contributed by atoms with Gasteiger partial charge in [0.2, 0.25) is 0 Å². The lowest BCUT2D eigenvalue weighted by Gasteiger charge is -2.26. The smallest absolute Gasteiger partial charge is 0.0785 e. The van der Waals surface area contributed by atoms with Crippen LogP contribution >= 0.6 is 0 Å². The molecule has 1 aromatic carbocycles. The minimum absolute atomic E-state index is 0.279. The van der Waals surface area contributed by atoms with Crippen LogP contribution in [0.15, 0.2) is 24.3 Å². The van der Waals surface area contributed by atoms with Crippen molar-refractivity contribution in [3.63, 3.8) is 0 Å². The zero-order chi connectivity index (χ0) is 19.4. The van der Waals surface area contributed by atoms with Gasteiger partial charge in [0.15, 0.2) is 0 Å². The molecule has 0 saturated heterocycles. The van der Waals surface area contributed by atoms with Gasteiger partial charge in [-0.25, -0.2) is 0 Å². The van der Waals surface area contributed by atoms with Crippen LogP contribution in [-0.4, -0.2) is 10.1 Å². The highest BCUT2D eigenvalue weighted by Crippen LogP contribution is 2.40. The maximum Gasteiger partial charge on any atom is 0.0785 e. The third-order valence-electron chi connectivity index (χ3n) is 5.03. The van der Waals surface area contributed by atoms with Crippen molar-refractivity contribution in [3.05, 3.63) is 52.3 Å². The maximum absolute atomic E-state index is 10.7. The molecule has 0 amide bonds. The van der Waals surface area contributed by atoms with E-state index in [1.807, 2.05) is 6.92 Å². The molecule has 0 fully saturated rings. The first-order valence-corrected chi connectivity index (χ1v) is 10.1. The minimum Gasteiger partial charge on any atom is -0.389 e. The average molecular weight is 354 g/mol. The van der Waals surface area contributed by atoms with Crippen LogP contribution in [0.1, 0.15) is 100 Å². The second-order valence-electron chi connectivity index (χ2n) is 8.10. The van der Waals surface area contributed by atoms with Gasteiger partial charge >= 0.3 is 0 Å². The van der Waals surface area contributed by atoms with E-state index in [1.165, 1.54) is 27.9 Å². The van der Waals surface area contributed by atoms with E-state index in [2.05, 4.69) is 65.8 Å². The number of hydrogen-bond acceptors (Lipinski definition) is 2. The second-order valence-corrected chi connectivity index (χ2v) is 8.10. The van der Waals surface area contributed by atoms with Gasteiger partial charge in [0.05, 0.1) is 6.10 Å². The molecule has 0 aliphatic heterocycles. The first-order valence-electron chi connectivity index (χ1n) is 10.1. The van der Waals surface area contributed by atoms with Crippen LogP contribution in [-0.2, 0) is 6.42 Å². The van der Waals surface area contributed by atoms with Crippen molar-refractivity contribution < 1.29 is 5.11 Å². The van der Waals surface area contributed by atoms with Crippen molar-refractivity contribution in [1.29, 1.82) is 0 Å². The monoisotopic (exact) mass is 353 g/mol. The highest BCUT2D eigenvalue weighted by molar-refractivity contribution is 5.74. The van der Waals surface area contributed by atoms with E-state index in [4.69, 9.17) is 4.98 Å². The topological polar surface area (TPSA) is 33.1 Å². The Morgan fingerprint density at radius 2 is 1.50 bits per heavy atom. The number of benzene rings is 1. The molecule has 0 aliphatic carbocycles. The highest BCUT2D eigenvalue weighted by atomic mass is 16.3. The molecule has 2 heteroatoms. The van der Waals surface area contributed by atoms with Gasteiger partial charge in [0.1, 0.15) is 0 Å². The van der Waals surface area contributed by atoms with Crippen molar-refractivity contribution in [2.24, 2.45) is 0 Å². The number of aryl methyl sites for hydroxylation is 1. The molecule has 0 bridgehead atoms. The zero-order valence-corrected chi connectivity index (χ0v) is 17.6. The largest absolute Gasteiger partial charge is 0.389 e. The Morgan fingerprint density at radius 1 is 0.923 bits per heavy atom. The van der Waals surface area contributed by atoms with E-state index in [9.17, 15) is 5.11 Å². The van der Waals surface area contributed by atoms with Gasteiger partial charge in [-0.3, -0.25) is 4.98 Å². The summed E-state index contributed by atoms with van der Waals surface area (Å²) < 4.78 is 0. The molecule has 2 aromatic rings. The molecular weight excluding hydrogens is 318 g/mol. The van der Waals surface area contributed by atoms with Gasteiger partial charge in [-0.05, 0) is 55.2 Å². The van der Waals surface area contributed by atoms with Gasteiger partial charge in [0.25, 0.3) is 0 Å². The third kappa shape index (κ3) is 4.35.